The van der Waals surface area contributed by atoms with Gasteiger partial charge >= 0.3 is 0 Å². The van der Waals surface area contributed by atoms with Gasteiger partial charge < -0.3 is 25.4 Å². The minimum Gasteiger partial charge on any atom is -0.507 e. The smallest absolute Gasteiger partial charge is 0.239 e. The van der Waals surface area contributed by atoms with Gasteiger partial charge in [-0.2, -0.15) is 0 Å². The van der Waals surface area contributed by atoms with Crippen LogP contribution in [0.25, 0.3) is 11.1 Å². The summed E-state index contributed by atoms with van der Waals surface area (Å²) in [5.41, 5.74) is 11.0. The fraction of sp³-hybridized carbons (Fsp3) is 0.424. The van der Waals surface area contributed by atoms with Gasteiger partial charge in [-0.25, -0.2) is 0 Å². The average Bonchev–Trinajstić information content (AvgIpc) is 3.01. The minimum absolute atomic E-state index is 0.0645. The molecule has 0 saturated carbocycles. The number of carbonyl (C=O) groups excluding carboxylic acids is 1. The van der Waals surface area contributed by atoms with E-state index in [0.717, 1.165) is 62.6 Å². The number of rotatable bonds is 9. The molecule has 8 heteroatoms. The number of hydrogen-bond acceptors (Lipinski definition) is 6. The summed E-state index contributed by atoms with van der Waals surface area (Å²) in [5.74, 6) is 1.18. The maximum absolute atomic E-state index is 13.3. The SMILES string of the molecule is COc1cccc(O)c1CN1CCN(C(=O)[C@H](N)C2CCN(CCc3cc(Cl)ccc3-c3ccccc3)CC2)CC1. The van der Waals surface area contributed by atoms with E-state index in [2.05, 4.69) is 46.2 Å². The van der Waals surface area contributed by atoms with Crippen LogP contribution in [0.1, 0.15) is 24.0 Å². The lowest BCUT2D eigenvalue weighted by Crippen LogP contribution is -2.55. The highest BCUT2D eigenvalue weighted by Gasteiger charge is 2.33. The van der Waals surface area contributed by atoms with Crippen LogP contribution in [0.15, 0.2) is 66.7 Å². The Balaban J connectivity index is 1.08. The van der Waals surface area contributed by atoms with Gasteiger partial charge in [-0.1, -0.05) is 54.1 Å². The lowest BCUT2D eigenvalue weighted by atomic mass is 9.88. The number of hydrogen-bond donors (Lipinski definition) is 2. The van der Waals surface area contributed by atoms with Crippen molar-refractivity contribution in [2.24, 2.45) is 11.7 Å². The summed E-state index contributed by atoms with van der Waals surface area (Å²) in [5, 5.41) is 11.1. The van der Waals surface area contributed by atoms with Crippen LogP contribution < -0.4 is 10.5 Å². The molecular weight excluding hydrogens is 536 g/mol. The second-order valence-corrected chi connectivity index (χ2v) is 11.6. The Morgan fingerprint density at radius 2 is 1.71 bits per heavy atom. The van der Waals surface area contributed by atoms with Crippen molar-refractivity contribution in [1.82, 2.24) is 14.7 Å². The Hall–Kier alpha value is -3.10. The van der Waals surface area contributed by atoms with Crippen LogP contribution in [-0.2, 0) is 17.8 Å². The molecule has 0 radical (unpaired) electrons. The van der Waals surface area contributed by atoms with Crippen molar-refractivity contribution in [2.75, 3.05) is 52.9 Å². The molecule has 0 unspecified atom stereocenters. The predicted molar refractivity (Wildman–Crippen MR) is 164 cm³/mol. The standard InChI is InChI=1S/C33H41ClN4O3/c1-41-31-9-5-8-30(39)29(31)23-37-18-20-38(21-19-37)33(40)32(35)25-12-15-36(16-13-25)17-14-26-22-27(34)10-11-28(26)24-6-3-2-4-7-24/h2-11,22,25,32,39H,12-21,23,35H2,1H3/t32-/m1/s1. The van der Waals surface area contributed by atoms with Crippen LogP contribution in [0.2, 0.25) is 5.02 Å². The zero-order chi connectivity index (χ0) is 28.8. The minimum atomic E-state index is -0.459. The maximum Gasteiger partial charge on any atom is 0.239 e. The Bertz CT molecular complexity index is 1310. The van der Waals surface area contributed by atoms with Gasteiger partial charge in [-0.15, -0.1) is 0 Å². The third kappa shape index (κ3) is 7.22. The summed E-state index contributed by atoms with van der Waals surface area (Å²) in [6.45, 7) is 6.21. The van der Waals surface area contributed by atoms with Gasteiger partial charge in [-0.3, -0.25) is 9.69 Å². The summed E-state index contributed by atoms with van der Waals surface area (Å²) in [7, 11) is 1.61. The van der Waals surface area contributed by atoms with Crippen LogP contribution in [-0.4, -0.2) is 84.7 Å². The zero-order valence-electron chi connectivity index (χ0n) is 23.8. The van der Waals surface area contributed by atoms with E-state index in [1.807, 2.05) is 23.1 Å². The van der Waals surface area contributed by atoms with Gasteiger partial charge in [0, 0.05) is 49.9 Å². The van der Waals surface area contributed by atoms with Crippen LogP contribution in [0, 0.1) is 5.92 Å². The Kier molecular flexibility index (Phi) is 9.83. The van der Waals surface area contributed by atoms with Gasteiger partial charge in [0.05, 0.1) is 13.2 Å². The Morgan fingerprint density at radius 1 is 0.976 bits per heavy atom. The first-order valence-corrected chi connectivity index (χ1v) is 15.0. The average molecular weight is 577 g/mol. The monoisotopic (exact) mass is 576 g/mol. The molecule has 0 spiro atoms. The molecule has 2 heterocycles. The molecule has 3 N–H and O–H groups in total. The fourth-order valence-corrected chi connectivity index (χ4v) is 6.34. The molecule has 0 aromatic heterocycles. The zero-order valence-corrected chi connectivity index (χ0v) is 24.6. The van der Waals surface area contributed by atoms with Crippen LogP contribution in [0.3, 0.4) is 0 Å². The molecule has 7 nitrogen and oxygen atoms in total. The van der Waals surface area contributed by atoms with Gasteiger partial charge in [-0.05, 0) is 79.2 Å². The highest BCUT2D eigenvalue weighted by molar-refractivity contribution is 6.30. The lowest BCUT2D eigenvalue weighted by Gasteiger charge is -2.39. The number of carbonyl (C=O) groups is 1. The molecule has 5 rings (SSSR count). The van der Waals surface area contributed by atoms with Crippen molar-refractivity contribution < 1.29 is 14.6 Å². The van der Waals surface area contributed by atoms with Crippen molar-refractivity contribution in [3.63, 3.8) is 0 Å². The second kappa shape index (κ2) is 13.7. The lowest BCUT2D eigenvalue weighted by molar-refractivity contribution is -0.136. The molecule has 0 aliphatic carbocycles. The summed E-state index contributed by atoms with van der Waals surface area (Å²) < 4.78 is 5.42. The number of phenols is 1. The largest absolute Gasteiger partial charge is 0.507 e. The molecule has 3 aromatic rings. The number of ether oxygens (including phenoxy) is 1. The number of halogens is 1. The molecule has 3 aromatic carbocycles. The Morgan fingerprint density at radius 3 is 2.41 bits per heavy atom. The highest BCUT2D eigenvalue weighted by Crippen LogP contribution is 2.30. The van der Waals surface area contributed by atoms with Crippen LogP contribution in [0.4, 0.5) is 0 Å². The third-order valence-corrected chi connectivity index (χ3v) is 8.90. The van der Waals surface area contributed by atoms with Crippen LogP contribution >= 0.6 is 11.6 Å². The number of likely N-dealkylation sites (tertiary alicyclic amines) is 1. The van der Waals surface area contributed by atoms with Gasteiger partial charge in [0.2, 0.25) is 5.91 Å². The first-order chi connectivity index (χ1) is 19.9. The first kappa shape index (κ1) is 29.4. The van der Waals surface area contributed by atoms with Crippen molar-refractivity contribution in [1.29, 1.82) is 0 Å². The van der Waals surface area contributed by atoms with Crippen molar-refractivity contribution in [2.45, 2.75) is 31.8 Å². The summed E-state index contributed by atoms with van der Waals surface area (Å²) in [4.78, 5) is 20.0. The number of methoxy groups -OCH3 is 1. The number of amides is 1. The molecule has 218 valence electrons. The molecule has 0 bridgehead atoms. The van der Waals surface area contributed by atoms with E-state index in [9.17, 15) is 9.90 Å². The van der Waals surface area contributed by atoms with E-state index in [-0.39, 0.29) is 17.6 Å². The second-order valence-electron chi connectivity index (χ2n) is 11.2. The summed E-state index contributed by atoms with van der Waals surface area (Å²) in [6, 6.07) is 21.5. The number of piperazine rings is 1. The predicted octanol–water partition coefficient (Wildman–Crippen LogP) is 4.65. The van der Waals surface area contributed by atoms with Crippen molar-refractivity contribution in [3.8, 4) is 22.6 Å². The topological polar surface area (TPSA) is 82.3 Å². The maximum atomic E-state index is 13.3. The van der Waals surface area contributed by atoms with E-state index in [4.69, 9.17) is 22.1 Å². The number of phenolic OH excluding ortho intramolecular Hbond substituents is 1. The molecule has 1 amide bonds. The fourth-order valence-electron chi connectivity index (χ4n) is 6.15. The molecule has 2 aliphatic rings. The number of piperidine rings is 1. The molecule has 2 aliphatic heterocycles. The normalized spacial score (nSPS) is 17.9. The number of aromatic hydroxyl groups is 1. The summed E-state index contributed by atoms with van der Waals surface area (Å²) >= 11 is 6.36. The first-order valence-electron chi connectivity index (χ1n) is 14.6. The number of nitrogens with two attached hydrogens (primary N) is 1. The van der Waals surface area contributed by atoms with Gasteiger partial charge in [0.15, 0.2) is 0 Å². The van der Waals surface area contributed by atoms with E-state index >= 15 is 0 Å². The molecule has 2 saturated heterocycles. The van der Waals surface area contributed by atoms with E-state index in [1.54, 1.807) is 19.2 Å². The Labute approximate surface area is 248 Å². The third-order valence-electron chi connectivity index (χ3n) is 8.67. The number of benzene rings is 3. The molecule has 2 fully saturated rings. The summed E-state index contributed by atoms with van der Waals surface area (Å²) in [6.07, 6.45) is 2.79. The van der Waals surface area contributed by atoms with Gasteiger partial charge in [0.25, 0.3) is 0 Å². The van der Waals surface area contributed by atoms with Crippen molar-refractivity contribution >= 4 is 17.5 Å². The van der Waals surface area contributed by atoms with Crippen molar-refractivity contribution in [3.05, 3.63) is 82.9 Å². The molecular formula is C33H41ClN4O3. The molecule has 1 atom stereocenters. The van der Waals surface area contributed by atoms with E-state index < -0.39 is 6.04 Å². The number of nitrogens with zero attached hydrogens (tertiary/aromatic N) is 3. The van der Waals surface area contributed by atoms with Crippen LogP contribution in [0.5, 0.6) is 11.5 Å². The highest BCUT2D eigenvalue weighted by atomic mass is 35.5. The van der Waals surface area contributed by atoms with E-state index in [1.165, 1.54) is 16.7 Å². The molecule has 41 heavy (non-hydrogen) atoms. The quantitative estimate of drug-likeness (QED) is 0.386. The van der Waals surface area contributed by atoms with Gasteiger partial charge in [0.1, 0.15) is 11.5 Å². The van der Waals surface area contributed by atoms with E-state index in [0.29, 0.717) is 25.4 Å².